The predicted molar refractivity (Wildman–Crippen MR) is 85.8 cm³/mol. The predicted octanol–water partition coefficient (Wildman–Crippen LogP) is 3.44. The Bertz CT molecular complexity index is 696. The number of epoxide rings is 1. The van der Waals surface area contributed by atoms with Gasteiger partial charge in [0.15, 0.2) is 5.60 Å². The SMILES string of the molecule is C=C(C)C(=O)OC1OC1(COc1ccccc1)c1ccccc1. The molecule has 2 aromatic carbocycles. The molecule has 0 radical (unpaired) electrons. The zero-order valence-corrected chi connectivity index (χ0v) is 12.9. The lowest BCUT2D eigenvalue weighted by atomic mass is 10.00. The molecule has 3 rings (SSSR count). The Morgan fingerprint density at radius 3 is 2.35 bits per heavy atom. The minimum absolute atomic E-state index is 0.259. The number of hydrogen-bond donors (Lipinski definition) is 0. The molecule has 0 aliphatic carbocycles. The Labute approximate surface area is 135 Å². The molecule has 0 spiro atoms. The number of carbonyl (C=O) groups excluding carboxylic acids is 1. The molecule has 23 heavy (non-hydrogen) atoms. The average molecular weight is 310 g/mol. The van der Waals surface area contributed by atoms with Crippen molar-refractivity contribution in [2.24, 2.45) is 0 Å². The van der Waals surface area contributed by atoms with E-state index in [0.29, 0.717) is 5.57 Å². The number of esters is 1. The molecule has 0 amide bonds. The maximum atomic E-state index is 11.7. The van der Waals surface area contributed by atoms with Crippen LogP contribution < -0.4 is 4.74 Å². The summed E-state index contributed by atoms with van der Waals surface area (Å²) in [5.41, 5.74) is 0.476. The van der Waals surface area contributed by atoms with Crippen LogP contribution >= 0.6 is 0 Å². The third-order valence-corrected chi connectivity index (χ3v) is 3.66. The van der Waals surface area contributed by atoms with Gasteiger partial charge in [0.25, 0.3) is 0 Å². The Hall–Kier alpha value is -2.59. The van der Waals surface area contributed by atoms with Crippen LogP contribution in [0.5, 0.6) is 5.75 Å². The maximum absolute atomic E-state index is 11.7. The van der Waals surface area contributed by atoms with E-state index in [9.17, 15) is 4.79 Å². The maximum Gasteiger partial charge on any atom is 0.335 e. The number of carbonyl (C=O) groups is 1. The third-order valence-electron chi connectivity index (χ3n) is 3.66. The lowest BCUT2D eigenvalue weighted by molar-refractivity contribution is -0.143. The van der Waals surface area contributed by atoms with Crippen molar-refractivity contribution in [2.75, 3.05) is 6.61 Å². The molecule has 1 aliphatic heterocycles. The summed E-state index contributed by atoms with van der Waals surface area (Å²) in [5.74, 6) is 0.274. The highest BCUT2D eigenvalue weighted by molar-refractivity contribution is 5.87. The second-order valence-corrected chi connectivity index (χ2v) is 5.49. The van der Waals surface area contributed by atoms with E-state index in [4.69, 9.17) is 14.2 Å². The van der Waals surface area contributed by atoms with Gasteiger partial charge in [-0.05, 0) is 24.6 Å². The largest absolute Gasteiger partial charge is 0.490 e. The minimum Gasteiger partial charge on any atom is -0.490 e. The van der Waals surface area contributed by atoms with Crippen molar-refractivity contribution < 1.29 is 19.0 Å². The first kappa shape index (κ1) is 15.3. The molecule has 4 heteroatoms. The summed E-state index contributed by atoms with van der Waals surface area (Å²) >= 11 is 0. The van der Waals surface area contributed by atoms with Crippen molar-refractivity contribution in [1.82, 2.24) is 0 Å². The van der Waals surface area contributed by atoms with Gasteiger partial charge in [-0.1, -0.05) is 55.1 Å². The van der Waals surface area contributed by atoms with E-state index in [1.807, 2.05) is 60.7 Å². The van der Waals surface area contributed by atoms with Crippen LogP contribution in [0.4, 0.5) is 0 Å². The van der Waals surface area contributed by atoms with E-state index in [-0.39, 0.29) is 6.61 Å². The summed E-state index contributed by atoms with van der Waals surface area (Å²) in [6.45, 7) is 5.45. The number of benzene rings is 2. The molecule has 1 saturated heterocycles. The first-order valence-corrected chi connectivity index (χ1v) is 7.39. The van der Waals surface area contributed by atoms with Crippen LogP contribution in [0.2, 0.25) is 0 Å². The molecule has 0 saturated carbocycles. The standard InChI is InChI=1S/C19H18O4/c1-14(2)17(20)22-18-19(23-18,15-9-5-3-6-10-15)13-21-16-11-7-4-8-12-16/h3-12,18H,1,13H2,2H3. The van der Waals surface area contributed by atoms with Crippen LogP contribution in [0.15, 0.2) is 72.8 Å². The third kappa shape index (κ3) is 3.27. The molecule has 2 aromatic rings. The van der Waals surface area contributed by atoms with Gasteiger partial charge in [0, 0.05) is 5.57 Å². The van der Waals surface area contributed by atoms with Crippen molar-refractivity contribution >= 4 is 5.97 Å². The molecule has 2 unspecified atom stereocenters. The van der Waals surface area contributed by atoms with Gasteiger partial charge in [-0.3, -0.25) is 0 Å². The Kier molecular flexibility index (Phi) is 4.17. The smallest absolute Gasteiger partial charge is 0.335 e. The zero-order valence-electron chi connectivity index (χ0n) is 12.9. The van der Waals surface area contributed by atoms with E-state index < -0.39 is 17.9 Å². The Balaban J connectivity index is 1.76. The lowest BCUT2D eigenvalue weighted by Crippen LogP contribution is -2.25. The van der Waals surface area contributed by atoms with E-state index >= 15 is 0 Å². The topological polar surface area (TPSA) is 48.1 Å². The van der Waals surface area contributed by atoms with Crippen LogP contribution in [0.1, 0.15) is 12.5 Å². The number of ether oxygens (including phenoxy) is 3. The normalized spacial score (nSPS) is 22.2. The van der Waals surface area contributed by atoms with Crippen molar-refractivity contribution in [1.29, 1.82) is 0 Å². The van der Waals surface area contributed by atoms with Crippen LogP contribution in [0.25, 0.3) is 0 Å². The van der Waals surface area contributed by atoms with E-state index in [1.54, 1.807) is 6.92 Å². The molecule has 4 nitrogen and oxygen atoms in total. The first-order valence-electron chi connectivity index (χ1n) is 7.39. The summed E-state index contributed by atoms with van der Waals surface area (Å²) in [4.78, 5) is 11.7. The van der Waals surface area contributed by atoms with Crippen LogP contribution in [-0.4, -0.2) is 18.9 Å². The van der Waals surface area contributed by atoms with Gasteiger partial charge >= 0.3 is 5.97 Å². The summed E-state index contributed by atoms with van der Waals surface area (Å²) in [5, 5.41) is 0. The molecule has 0 N–H and O–H groups in total. The Morgan fingerprint density at radius 2 is 1.74 bits per heavy atom. The van der Waals surface area contributed by atoms with Gasteiger partial charge in [-0.25, -0.2) is 4.79 Å². The average Bonchev–Trinajstić information content (AvgIpc) is 3.29. The lowest BCUT2D eigenvalue weighted by Gasteiger charge is -2.14. The molecule has 1 aliphatic rings. The van der Waals surface area contributed by atoms with Crippen LogP contribution in [0.3, 0.4) is 0 Å². The van der Waals surface area contributed by atoms with Gasteiger partial charge in [-0.2, -0.15) is 0 Å². The summed E-state index contributed by atoms with van der Waals surface area (Å²) in [7, 11) is 0. The molecule has 1 fully saturated rings. The zero-order chi connectivity index (χ0) is 16.3. The van der Waals surface area contributed by atoms with Crippen molar-refractivity contribution in [3.05, 3.63) is 78.4 Å². The van der Waals surface area contributed by atoms with Crippen molar-refractivity contribution in [3.63, 3.8) is 0 Å². The van der Waals surface area contributed by atoms with E-state index in [2.05, 4.69) is 6.58 Å². The second kappa shape index (κ2) is 6.26. The fourth-order valence-electron chi connectivity index (χ4n) is 2.29. The second-order valence-electron chi connectivity index (χ2n) is 5.49. The highest BCUT2D eigenvalue weighted by atomic mass is 16.8. The van der Waals surface area contributed by atoms with Gasteiger partial charge in [0.05, 0.1) is 0 Å². The number of para-hydroxylation sites is 1. The monoisotopic (exact) mass is 310 g/mol. The summed E-state index contributed by atoms with van der Waals surface area (Å²) in [6, 6.07) is 19.1. The van der Waals surface area contributed by atoms with E-state index in [0.717, 1.165) is 11.3 Å². The Morgan fingerprint density at radius 1 is 1.13 bits per heavy atom. The highest BCUT2D eigenvalue weighted by Crippen LogP contribution is 2.47. The van der Waals surface area contributed by atoms with Crippen molar-refractivity contribution in [3.8, 4) is 5.75 Å². The highest BCUT2D eigenvalue weighted by Gasteiger charge is 2.62. The quantitative estimate of drug-likeness (QED) is 0.466. The number of hydrogen-bond acceptors (Lipinski definition) is 4. The van der Waals surface area contributed by atoms with Crippen molar-refractivity contribution in [2.45, 2.75) is 18.8 Å². The summed E-state index contributed by atoms with van der Waals surface area (Å²) in [6.07, 6.45) is -0.669. The molecule has 2 atom stereocenters. The first-order chi connectivity index (χ1) is 11.1. The molecule has 118 valence electrons. The fourth-order valence-corrected chi connectivity index (χ4v) is 2.29. The number of rotatable bonds is 6. The summed E-state index contributed by atoms with van der Waals surface area (Å²) < 4.78 is 16.9. The van der Waals surface area contributed by atoms with Gasteiger partial charge < -0.3 is 14.2 Å². The fraction of sp³-hybridized carbons (Fsp3) is 0.211. The van der Waals surface area contributed by atoms with Gasteiger partial charge in [-0.15, -0.1) is 0 Å². The molecular formula is C19H18O4. The van der Waals surface area contributed by atoms with Crippen LogP contribution in [0, 0.1) is 0 Å². The van der Waals surface area contributed by atoms with E-state index in [1.165, 1.54) is 0 Å². The minimum atomic E-state index is -0.776. The molecule has 0 aromatic heterocycles. The molecule has 0 bridgehead atoms. The van der Waals surface area contributed by atoms with Gasteiger partial charge in [0.2, 0.25) is 6.29 Å². The molecular weight excluding hydrogens is 292 g/mol. The van der Waals surface area contributed by atoms with Gasteiger partial charge in [0.1, 0.15) is 12.4 Å². The van der Waals surface area contributed by atoms with Crippen LogP contribution in [-0.2, 0) is 19.9 Å². The molecule has 1 heterocycles.